The highest BCUT2D eigenvalue weighted by atomic mass is 16.5. The van der Waals surface area contributed by atoms with Crippen LogP contribution in [0.15, 0.2) is 30.5 Å². The molecule has 0 aliphatic heterocycles. The summed E-state index contributed by atoms with van der Waals surface area (Å²) < 4.78 is 10.1. The molecule has 2 aromatic rings. The van der Waals surface area contributed by atoms with E-state index in [9.17, 15) is 4.79 Å². The highest BCUT2D eigenvalue weighted by Crippen LogP contribution is 2.29. The lowest BCUT2D eigenvalue weighted by Crippen LogP contribution is -2.07. The summed E-state index contributed by atoms with van der Waals surface area (Å²) in [4.78, 5) is 14.7. The third kappa shape index (κ3) is 2.54. The van der Waals surface area contributed by atoms with Gasteiger partial charge in [0.05, 0.1) is 13.7 Å². The molecule has 0 radical (unpaired) electrons. The molecular formula is C14H16N2O3. The normalized spacial score (nSPS) is 10.2. The maximum atomic E-state index is 11.9. The Morgan fingerprint density at radius 3 is 2.58 bits per heavy atom. The number of H-pyrrole nitrogens is 1. The number of esters is 1. The van der Waals surface area contributed by atoms with Gasteiger partial charge in [-0.15, -0.1) is 0 Å². The second-order valence-corrected chi connectivity index (χ2v) is 3.94. The molecule has 1 aromatic carbocycles. The van der Waals surface area contributed by atoms with Crippen molar-refractivity contribution in [2.24, 2.45) is 0 Å². The number of rotatable bonds is 4. The second-order valence-electron chi connectivity index (χ2n) is 3.94. The number of nitrogen functional groups attached to an aromatic ring is 1. The number of carbonyl (C=O) groups excluding carboxylic acids is 1. The van der Waals surface area contributed by atoms with Crippen molar-refractivity contribution in [3.63, 3.8) is 0 Å². The Hall–Kier alpha value is -2.43. The largest absolute Gasteiger partial charge is 0.497 e. The zero-order chi connectivity index (χ0) is 13.8. The van der Waals surface area contributed by atoms with Crippen molar-refractivity contribution in [1.29, 1.82) is 0 Å². The third-order valence-corrected chi connectivity index (χ3v) is 2.79. The quantitative estimate of drug-likeness (QED) is 0.828. The fourth-order valence-corrected chi connectivity index (χ4v) is 1.86. The number of nitrogens with two attached hydrogens (primary N) is 1. The van der Waals surface area contributed by atoms with Crippen molar-refractivity contribution < 1.29 is 14.3 Å². The van der Waals surface area contributed by atoms with Crippen LogP contribution in [0, 0.1) is 0 Å². The van der Waals surface area contributed by atoms with Crippen LogP contribution in [0.3, 0.4) is 0 Å². The molecule has 5 nitrogen and oxygen atoms in total. The number of aromatic nitrogens is 1. The van der Waals surface area contributed by atoms with Gasteiger partial charge in [-0.3, -0.25) is 0 Å². The first-order chi connectivity index (χ1) is 9.17. The number of anilines is 1. The summed E-state index contributed by atoms with van der Waals surface area (Å²) in [6, 6.07) is 7.38. The molecule has 19 heavy (non-hydrogen) atoms. The monoisotopic (exact) mass is 260 g/mol. The number of benzene rings is 1. The van der Waals surface area contributed by atoms with E-state index in [0.29, 0.717) is 18.0 Å². The lowest BCUT2D eigenvalue weighted by atomic mass is 10.0. The first kappa shape index (κ1) is 13.0. The van der Waals surface area contributed by atoms with Gasteiger partial charge in [-0.2, -0.15) is 0 Å². The molecular weight excluding hydrogens is 244 g/mol. The third-order valence-electron chi connectivity index (χ3n) is 2.79. The molecule has 1 heterocycles. The Morgan fingerprint density at radius 2 is 2.00 bits per heavy atom. The van der Waals surface area contributed by atoms with Gasteiger partial charge in [0.2, 0.25) is 0 Å². The number of hydrogen-bond donors (Lipinski definition) is 2. The van der Waals surface area contributed by atoms with Crippen LogP contribution in [0.25, 0.3) is 11.1 Å². The van der Waals surface area contributed by atoms with Crippen LogP contribution in [0.4, 0.5) is 5.82 Å². The molecule has 3 N–H and O–H groups in total. The summed E-state index contributed by atoms with van der Waals surface area (Å²) in [6.07, 6.45) is 1.70. The van der Waals surface area contributed by atoms with Crippen LogP contribution in [0.2, 0.25) is 0 Å². The average Bonchev–Trinajstić information content (AvgIpc) is 2.81. The fraction of sp³-hybridized carbons (Fsp3) is 0.214. The van der Waals surface area contributed by atoms with Crippen LogP contribution in [0.1, 0.15) is 17.3 Å². The number of carbonyl (C=O) groups is 1. The number of hydrogen-bond acceptors (Lipinski definition) is 4. The summed E-state index contributed by atoms with van der Waals surface area (Å²) in [7, 11) is 1.60. The molecule has 0 saturated heterocycles. The number of ether oxygens (including phenoxy) is 2. The molecule has 0 atom stereocenters. The van der Waals surface area contributed by atoms with Crippen LogP contribution in [-0.2, 0) is 4.74 Å². The highest BCUT2D eigenvalue weighted by Gasteiger charge is 2.19. The molecule has 0 amide bonds. The Bertz CT molecular complexity index is 573. The Balaban J connectivity index is 2.41. The van der Waals surface area contributed by atoms with Gasteiger partial charge in [-0.1, -0.05) is 12.1 Å². The second kappa shape index (κ2) is 5.48. The average molecular weight is 260 g/mol. The molecule has 0 aliphatic rings. The van der Waals surface area contributed by atoms with Gasteiger partial charge in [0.25, 0.3) is 0 Å². The Morgan fingerprint density at radius 1 is 1.32 bits per heavy atom. The van der Waals surface area contributed by atoms with E-state index >= 15 is 0 Å². The minimum Gasteiger partial charge on any atom is -0.497 e. The van der Waals surface area contributed by atoms with Crippen LogP contribution in [-0.4, -0.2) is 24.7 Å². The van der Waals surface area contributed by atoms with Gasteiger partial charge < -0.3 is 20.2 Å². The SMILES string of the molecule is CCOC(=O)c1c(-c2ccc(OC)cc2)c[nH]c1N. The Kier molecular flexibility index (Phi) is 3.75. The van der Waals surface area contributed by atoms with Crippen molar-refractivity contribution in [3.05, 3.63) is 36.0 Å². The minimum atomic E-state index is -0.424. The van der Waals surface area contributed by atoms with E-state index in [4.69, 9.17) is 15.2 Å². The summed E-state index contributed by atoms with van der Waals surface area (Å²) >= 11 is 0. The van der Waals surface area contributed by atoms with Gasteiger partial charge in [-0.25, -0.2) is 4.79 Å². The number of methoxy groups -OCH3 is 1. The maximum Gasteiger partial charge on any atom is 0.342 e. The standard InChI is InChI=1S/C14H16N2O3/c1-3-19-14(17)12-11(8-16-13(12)15)9-4-6-10(18-2)7-5-9/h4-8,16H,3,15H2,1-2H3. The predicted molar refractivity (Wildman–Crippen MR) is 73.1 cm³/mol. The van der Waals surface area contributed by atoms with Crippen LogP contribution >= 0.6 is 0 Å². The maximum absolute atomic E-state index is 11.9. The minimum absolute atomic E-state index is 0.310. The van der Waals surface area contributed by atoms with E-state index in [0.717, 1.165) is 16.9 Å². The van der Waals surface area contributed by atoms with Crippen molar-refractivity contribution in [3.8, 4) is 16.9 Å². The smallest absolute Gasteiger partial charge is 0.342 e. The molecule has 0 unspecified atom stereocenters. The first-order valence-corrected chi connectivity index (χ1v) is 5.95. The van der Waals surface area contributed by atoms with E-state index in [1.165, 1.54) is 0 Å². The van der Waals surface area contributed by atoms with E-state index < -0.39 is 5.97 Å². The van der Waals surface area contributed by atoms with Crippen molar-refractivity contribution >= 4 is 11.8 Å². The molecule has 0 aliphatic carbocycles. The topological polar surface area (TPSA) is 77.3 Å². The van der Waals surface area contributed by atoms with Crippen LogP contribution < -0.4 is 10.5 Å². The van der Waals surface area contributed by atoms with Crippen molar-refractivity contribution in [1.82, 2.24) is 4.98 Å². The highest BCUT2D eigenvalue weighted by molar-refractivity contribution is 6.02. The molecule has 0 fully saturated rings. The summed E-state index contributed by atoms with van der Waals surface area (Å²) in [6.45, 7) is 2.07. The summed E-state index contributed by atoms with van der Waals surface area (Å²) in [5, 5.41) is 0. The number of aromatic amines is 1. The van der Waals surface area contributed by atoms with E-state index in [-0.39, 0.29) is 0 Å². The molecule has 0 bridgehead atoms. The van der Waals surface area contributed by atoms with Gasteiger partial charge in [0.1, 0.15) is 17.1 Å². The van der Waals surface area contributed by atoms with E-state index in [1.54, 1.807) is 20.2 Å². The molecule has 0 spiro atoms. The van der Waals surface area contributed by atoms with E-state index in [2.05, 4.69) is 4.98 Å². The molecule has 100 valence electrons. The summed E-state index contributed by atoms with van der Waals surface area (Å²) in [5.41, 5.74) is 7.75. The molecule has 1 aromatic heterocycles. The Labute approximate surface area is 111 Å². The zero-order valence-electron chi connectivity index (χ0n) is 10.9. The van der Waals surface area contributed by atoms with Gasteiger partial charge in [-0.05, 0) is 24.6 Å². The van der Waals surface area contributed by atoms with Gasteiger partial charge in [0.15, 0.2) is 0 Å². The van der Waals surface area contributed by atoms with E-state index in [1.807, 2.05) is 24.3 Å². The number of nitrogens with one attached hydrogen (secondary N) is 1. The summed E-state index contributed by atoms with van der Waals surface area (Å²) in [5.74, 6) is 0.640. The first-order valence-electron chi connectivity index (χ1n) is 5.95. The lowest BCUT2D eigenvalue weighted by molar-refractivity contribution is 0.0528. The fourth-order valence-electron chi connectivity index (χ4n) is 1.86. The predicted octanol–water partition coefficient (Wildman–Crippen LogP) is 2.45. The van der Waals surface area contributed by atoms with Crippen molar-refractivity contribution in [2.45, 2.75) is 6.92 Å². The van der Waals surface area contributed by atoms with Gasteiger partial charge >= 0.3 is 5.97 Å². The van der Waals surface area contributed by atoms with Gasteiger partial charge in [0, 0.05) is 11.8 Å². The molecule has 0 saturated carbocycles. The molecule has 2 rings (SSSR count). The zero-order valence-corrected chi connectivity index (χ0v) is 10.9. The molecule has 5 heteroatoms. The lowest BCUT2D eigenvalue weighted by Gasteiger charge is -2.06. The van der Waals surface area contributed by atoms with Crippen molar-refractivity contribution in [2.75, 3.05) is 19.5 Å². The van der Waals surface area contributed by atoms with Crippen LogP contribution in [0.5, 0.6) is 5.75 Å².